The molecule has 6 nitrogen and oxygen atoms in total. The topological polar surface area (TPSA) is 76.5 Å². The third-order valence-corrected chi connectivity index (χ3v) is 5.47. The molecule has 0 aliphatic carbocycles. The quantitative estimate of drug-likeness (QED) is 0.559. The zero-order valence-electron chi connectivity index (χ0n) is 18.0. The van der Waals surface area contributed by atoms with Gasteiger partial charge in [-0.2, -0.15) is 5.10 Å². The van der Waals surface area contributed by atoms with E-state index in [0.717, 1.165) is 24.1 Å². The number of aromatic nitrogens is 5. The minimum Gasteiger partial charge on any atom is -0.302 e. The van der Waals surface area contributed by atoms with E-state index >= 15 is 0 Å². The molecule has 0 radical (unpaired) electrons. The van der Waals surface area contributed by atoms with Crippen LogP contribution in [0.5, 0.6) is 0 Å². The molecule has 1 N–H and O–H groups in total. The first kappa shape index (κ1) is 21.6. The van der Waals surface area contributed by atoms with Crippen LogP contribution in [0.3, 0.4) is 0 Å². The molecule has 0 aliphatic rings. The number of aryl methyl sites for hydroxylation is 1. The number of halogens is 1. The molecule has 7 heteroatoms. The lowest BCUT2D eigenvalue weighted by atomic mass is 9.80. The van der Waals surface area contributed by atoms with Gasteiger partial charge in [0.1, 0.15) is 17.2 Å². The van der Waals surface area contributed by atoms with E-state index in [1.54, 1.807) is 22.9 Å². The number of nitrogens with zero attached hydrogens (tertiary/aromatic N) is 4. The molecule has 0 fully saturated rings. The van der Waals surface area contributed by atoms with Crippen molar-refractivity contribution in [3.05, 3.63) is 75.6 Å². The number of aromatic amines is 1. The Morgan fingerprint density at radius 2 is 1.97 bits per heavy atom. The fourth-order valence-corrected chi connectivity index (χ4v) is 3.42. The average Bonchev–Trinajstić information content (AvgIpc) is 3.12. The molecule has 0 bridgehead atoms. The van der Waals surface area contributed by atoms with E-state index in [4.69, 9.17) is 0 Å². The predicted octanol–water partition coefficient (Wildman–Crippen LogP) is 4.41. The lowest BCUT2D eigenvalue weighted by molar-refractivity contribution is 0.551. The van der Waals surface area contributed by atoms with Crippen LogP contribution in [0, 0.1) is 5.82 Å². The average molecular weight is 410 g/mol. The van der Waals surface area contributed by atoms with Gasteiger partial charge in [0.2, 0.25) is 0 Å². The van der Waals surface area contributed by atoms with Gasteiger partial charge in [-0.3, -0.25) is 9.48 Å². The third-order valence-electron chi connectivity index (χ3n) is 5.47. The van der Waals surface area contributed by atoms with Gasteiger partial charge in [-0.05, 0) is 25.0 Å². The van der Waals surface area contributed by atoms with Crippen LogP contribution in [0.4, 0.5) is 4.39 Å². The lowest BCUT2D eigenvalue weighted by Gasteiger charge is -2.25. The molecule has 0 saturated carbocycles. The first-order valence-electron chi connectivity index (χ1n) is 10.2. The van der Waals surface area contributed by atoms with Gasteiger partial charge in [-0.25, -0.2) is 4.39 Å². The van der Waals surface area contributed by atoms with Crippen LogP contribution in [0.25, 0.3) is 11.5 Å². The number of benzene rings is 1. The fourth-order valence-electron chi connectivity index (χ4n) is 3.42. The SMILES string of the molecule is C=C(CCC)C(C)(C)c1nnc(-c2cc(CC)n(Cc3ccccc3F)n2)[nH]c1=O. The van der Waals surface area contributed by atoms with Crippen LogP contribution >= 0.6 is 0 Å². The maximum atomic E-state index is 14.1. The fraction of sp³-hybridized carbons (Fsp3) is 0.391. The molecule has 0 atom stereocenters. The van der Waals surface area contributed by atoms with Crippen LogP contribution in [0.2, 0.25) is 0 Å². The van der Waals surface area contributed by atoms with Crippen LogP contribution in [-0.2, 0) is 18.4 Å². The molecular weight excluding hydrogens is 381 g/mol. The molecule has 3 rings (SSSR count). The smallest absolute Gasteiger partial charge is 0.274 e. The predicted molar refractivity (Wildman–Crippen MR) is 116 cm³/mol. The van der Waals surface area contributed by atoms with Crippen LogP contribution in [0.15, 0.2) is 47.3 Å². The molecule has 0 amide bonds. The highest BCUT2D eigenvalue weighted by Gasteiger charge is 2.29. The standard InChI is InChI=1S/C23H28FN5O/c1-6-10-15(3)23(4,5)20-22(30)25-21(27-26-20)19-13-17(7-2)29(28-19)14-16-11-8-9-12-18(16)24/h8-9,11-13H,3,6-7,10,14H2,1-2,4-5H3,(H,25,27,30). The Balaban J connectivity index is 1.94. The number of nitrogens with one attached hydrogen (secondary N) is 1. The molecule has 158 valence electrons. The lowest BCUT2D eigenvalue weighted by Crippen LogP contribution is -2.32. The molecular formula is C23H28FN5O. The molecule has 0 aliphatic heterocycles. The summed E-state index contributed by atoms with van der Waals surface area (Å²) in [4.78, 5) is 15.6. The number of H-pyrrole nitrogens is 1. The monoisotopic (exact) mass is 409 g/mol. The van der Waals surface area contributed by atoms with Crippen LogP contribution in [-0.4, -0.2) is 25.0 Å². The van der Waals surface area contributed by atoms with Gasteiger partial charge in [0.05, 0.1) is 6.54 Å². The van der Waals surface area contributed by atoms with Crippen molar-refractivity contribution < 1.29 is 4.39 Å². The van der Waals surface area contributed by atoms with Crippen molar-refractivity contribution in [1.82, 2.24) is 25.0 Å². The maximum absolute atomic E-state index is 14.1. The van der Waals surface area contributed by atoms with Gasteiger partial charge in [-0.15, -0.1) is 10.2 Å². The maximum Gasteiger partial charge on any atom is 0.274 e. The van der Waals surface area contributed by atoms with E-state index in [2.05, 4.69) is 33.8 Å². The Bertz CT molecular complexity index is 1110. The van der Waals surface area contributed by atoms with Crippen molar-refractivity contribution in [2.24, 2.45) is 0 Å². The highest BCUT2D eigenvalue weighted by molar-refractivity contribution is 5.49. The Morgan fingerprint density at radius 1 is 1.23 bits per heavy atom. The molecule has 0 saturated heterocycles. The van der Waals surface area contributed by atoms with Crippen molar-refractivity contribution in [2.45, 2.75) is 58.9 Å². The first-order chi connectivity index (χ1) is 14.3. The summed E-state index contributed by atoms with van der Waals surface area (Å²) in [6.45, 7) is 12.4. The summed E-state index contributed by atoms with van der Waals surface area (Å²) in [5, 5.41) is 13.0. The van der Waals surface area contributed by atoms with Crippen LogP contribution in [0.1, 0.15) is 57.5 Å². The van der Waals surface area contributed by atoms with Crippen molar-refractivity contribution in [3.63, 3.8) is 0 Å². The van der Waals surface area contributed by atoms with E-state index < -0.39 is 5.41 Å². The second-order valence-electron chi connectivity index (χ2n) is 7.95. The number of hydrogen-bond acceptors (Lipinski definition) is 4. The van der Waals surface area contributed by atoms with E-state index in [-0.39, 0.29) is 11.4 Å². The number of allylic oxidation sites excluding steroid dienone is 1. The Hall–Kier alpha value is -3.09. The van der Waals surface area contributed by atoms with Crippen molar-refractivity contribution in [3.8, 4) is 11.5 Å². The summed E-state index contributed by atoms with van der Waals surface area (Å²) in [5.74, 6) is 0.0198. The zero-order chi connectivity index (χ0) is 21.9. The van der Waals surface area contributed by atoms with Gasteiger partial charge in [0.25, 0.3) is 5.56 Å². The van der Waals surface area contributed by atoms with Gasteiger partial charge < -0.3 is 4.98 Å². The molecule has 2 heterocycles. The summed E-state index contributed by atoms with van der Waals surface area (Å²) >= 11 is 0. The van der Waals surface area contributed by atoms with Crippen LogP contribution < -0.4 is 5.56 Å². The summed E-state index contributed by atoms with van der Waals surface area (Å²) in [5.41, 5.74) is 2.37. The second kappa shape index (κ2) is 8.73. The van der Waals surface area contributed by atoms with Gasteiger partial charge >= 0.3 is 0 Å². The van der Waals surface area contributed by atoms with Crippen molar-refractivity contribution >= 4 is 0 Å². The summed E-state index contributed by atoms with van der Waals surface area (Å²) in [6.07, 6.45) is 2.47. The Kier molecular flexibility index (Phi) is 6.29. The largest absolute Gasteiger partial charge is 0.302 e. The molecule has 30 heavy (non-hydrogen) atoms. The van der Waals surface area contributed by atoms with Gasteiger partial charge in [0, 0.05) is 16.7 Å². The minimum atomic E-state index is -0.575. The van der Waals surface area contributed by atoms with E-state index in [9.17, 15) is 9.18 Å². The highest BCUT2D eigenvalue weighted by Crippen LogP contribution is 2.29. The Morgan fingerprint density at radius 3 is 2.60 bits per heavy atom. The summed E-state index contributed by atoms with van der Waals surface area (Å²) in [6, 6.07) is 8.47. The van der Waals surface area contributed by atoms with E-state index in [1.807, 2.05) is 26.8 Å². The third kappa shape index (κ3) is 4.25. The Labute approximate surface area is 175 Å². The second-order valence-corrected chi connectivity index (χ2v) is 7.95. The van der Waals surface area contributed by atoms with E-state index in [1.165, 1.54) is 6.07 Å². The summed E-state index contributed by atoms with van der Waals surface area (Å²) in [7, 11) is 0. The van der Waals surface area contributed by atoms with Crippen molar-refractivity contribution in [2.75, 3.05) is 0 Å². The molecule has 0 unspecified atom stereocenters. The molecule has 2 aromatic heterocycles. The molecule has 0 spiro atoms. The number of rotatable bonds is 8. The molecule has 1 aromatic carbocycles. The van der Waals surface area contributed by atoms with E-state index in [0.29, 0.717) is 35.7 Å². The molecule has 3 aromatic rings. The summed E-state index contributed by atoms with van der Waals surface area (Å²) < 4.78 is 15.8. The normalized spacial score (nSPS) is 11.6. The van der Waals surface area contributed by atoms with Gasteiger partial charge in [-0.1, -0.05) is 64.5 Å². The first-order valence-corrected chi connectivity index (χ1v) is 10.2. The van der Waals surface area contributed by atoms with Crippen molar-refractivity contribution in [1.29, 1.82) is 0 Å². The number of hydrogen-bond donors (Lipinski definition) is 1. The zero-order valence-corrected chi connectivity index (χ0v) is 18.0. The van der Waals surface area contributed by atoms with Gasteiger partial charge in [0.15, 0.2) is 5.82 Å². The minimum absolute atomic E-state index is 0.274. The highest BCUT2D eigenvalue weighted by atomic mass is 19.1.